The smallest absolute Gasteiger partial charge is 0.271 e. The maximum absolute atomic E-state index is 13.3. The molecule has 1 aliphatic heterocycles. The van der Waals surface area contributed by atoms with Gasteiger partial charge < -0.3 is 9.47 Å². The number of carbonyl (C=O) groups excluding carboxylic acids is 1. The van der Waals surface area contributed by atoms with Crippen LogP contribution in [0.5, 0.6) is 11.5 Å². The van der Waals surface area contributed by atoms with Crippen LogP contribution in [-0.2, 0) is 4.79 Å². The van der Waals surface area contributed by atoms with Crippen LogP contribution in [0.2, 0.25) is 0 Å². The SMILES string of the molecule is COc1ccc(OC)c(/C=C2/SC(=Nc3ccccc3)N(c3ccccc3)C2=O)c1. The molecule has 3 aromatic rings. The number of amidine groups is 1. The van der Waals surface area contributed by atoms with E-state index in [0.29, 0.717) is 21.6 Å². The molecule has 1 aliphatic rings. The van der Waals surface area contributed by atoms with Crippen molar-refractivity contribution < 1.29 is 14.3 Å². The molecule has 0 bridgehead atoms. The van der Waals surface area contributed by atoms with Crippen LogP contribution < -0.4 is 14.4 Å². The molecule has 3 aromatic carbocycles. The summed E-state index contributed by atoms with van der Waals surface area (Å²) in [7, 11) is 3.21. The molecule has 5 nitrogen and oxygen atoms in total. The van der Waals surface area contributed by atoms with Crippen LogP contribution in [0, 0.1) is 0 Å². The van der Waals surface area contributed by atoms with Crippen molar-refractivity contribution in [2.75, 3.05) is 19.1 Å². The zero-order valence-electron chi connectivity index (χ0n) is 16.6. The molecule has 150 valence electrons. The molecule has 0 spiro atoms. The number of ether oxygens (including phenoxy) is 2. The average molecular weight is 417 g/mol. The second kappa shape index (κ2) is 8.88. The first-order chi connectivity index (χ1) is 14.7. The van der Waals surface area contributed by atoms with Crippen molar-refractivity contribution >= 4 is 40.3 Å². The van der Waals surface area contributed by atoms with Crippen molar-refractivity contribution in [3.8, 4) is 11.5 Å². The maximum Gasteiger partial charge on any atom is 0.271 e. The molecular formula is C24H20N2O3S. The first-order valence-corrected chi connectivity index (χ1v) is 10.2. The van der Waals surface area contributed by atoms with Crippen molar-refractivity contribution in [1.82, 2.24) is 0 Å². The number of anilines is 1. The van der Waals surface area contributed by atoms with Crippen molar-refractivity contribution in [3.63, 3.8) is 0 Å². The van der Waals surface area contributed by atoms with Gasteiger partial charge in [0.2, 0.25) is 0 Å². The number of amides is 1. The Labute approximate surface area is 179 Å². The van der Waals surface area contributed by atoms with E-state index in [2.05, 4.69) is 0 Å². The van der Waals surface area contributed by atoms with E-state index in [1.165, 1.54) is 11.8 Å². The van der Waals surface area contributed by atoms with Crippen molar-refractivity contribution in [1.29, 1.82) is 0 Å². The van der Waals surface area contributed by atoms with E-state index in [0.717, 1.165) is 16.9 Å². The van der Waals surface area contributed by atoms with E-state index in [1.54, 1.807) is 19.1 Å². The Balaban J connectivity index is 1.79. The Hall–Kier alpha value is -3.51. The van der Waals surface area contributed by atoms with Gasteiger partial charge in [0, 0.05) is 5.56 Å². The van der Waals surface area contributed by atoms with Crippen LogP contribution in [0.1, 0.15) is 5.56 Å². The molecule has 0 unspecified atom stereocenters. The monoisotopic (exact) mass is 416 g/mol. The predicted octanol–water partition coefficient (Wildman–Crippen LogP) is 5.51. The molecule has 0 N–H and O–H groups in total. The number of rotatable bonds is 5. The number of methoxy groups -OCH3 is 2. The summed E-state index contributed by atoms with van der Waals surface area (Å²) >= 11 is 1.34. The van der Waals surface area contributed by atoms with Gasteiger partial charge in [0.1, 0.15) is 11.5 Å². The summed E-state index contributed by atoms with van der Waals surface area (Å²) < 4.78 is 10.8. The lowest BCUT2D eigenvalue weighted by molar-refractivity contribution is -0.113. The first-order valence-electron chi connectivity index (χ1n) is 9.34. The average Bonchev–Trinajstić information content (AvgIpc) is 3.09. The normalized spacial score (nSPS) is 16.3. The third-order valence-electron chi connectivity index (χ3n) is 4.53. The van der Waals surface area contributed by atoms with E-state index in [4.69, 9.17) is 14.5 Å². The summed E-state index contributed by atoms with van der Waals surface area (Å²) in [6.07, 6.45) is 1.82. The number of carbonyl (C=O) groups is 1. The summed E-state index contributed by atoms with van der Waals surface area (Å²) in [6, 6.07) is 24.6. The molecule has 0 aromatic heterocycles. The lowest BCUT2D eigenvalue weighted by atomic mass is 10.1. The molecule has 6 heteroatoms. The molecule has 1 saturated heterocycles. The summed E-state index contributed by atoms with van der Waals surface area (Å²) in [5.74, 6) is 1.22. The highest BCUT2D eigenvalue weighted by molar-refractivity contribution is 8.19. The third-order valence-corrected chi connectivity index (χ3v) is 5.49. The number of nitrogens with zero attached hydrogens (tertiary/aromatic N) is 2. The van der Waals surface area contributed by atoms with E-state index < -0.39 is 0 Å². The van der Waals surface area contributed by atoms with Gasteiger partial charge in [-0.3, -0.25) is 9.69 Å². The van der Waals surface area contributed by atoms with Crippen LogP contribution in [0.25, 0.3) is 6.08 Å². The molecule has 1 fully saturated rings. The quantitative estimate of drug-likeness (QED) is 0.515. The fraction of sp³-hybridized carbons (Fsp3) is 0.0833. The number of benzene rings is 3. The van der Waals surface area contributed by atoms with E-state index >= 15 is 0 Å². The summed E-state index contributed by atoms with van der Waals surface area (Å²) in [4.78, 5) is 20.3. The zero-order valence-corrected chi connectivity index (χ0v) is 17.4. The molecule has 30 heavy (non-hydrogen) atoms. The fourth-order valence-corrected chi connectivity index (χ4v) is 4.05. The van der Waals surface area contributed by atoms with Gasteiger partial charge in [-0.1, -0.05) is 36.4 Å². The molecule has 1 amide bonds. The van der Waals surface area contributed by atoms with Crippen LogP contribution in [0.3, 0.4) is 0 Å². The van der Waals surface area contributed by atoms with E-state index in [9.17, 15) is 4.79 Å². The highest BCUT2D eigenvalue weighted by Gasteiger charge is 2.34. The van der Waals surface area contributed by atoms with Gasteiger partial charge >= 0.3 is 0 Å². The van der Waals surface area contributed by atoms with E-state index in [-0.39, 0.29) is 5.91 Å². The van der Waals surface area contributed by atoms with Crippen LogP contribution >= 0.6 is 11.8 Å². The lowest BCUT2D eigenvalue weighted by Crippen LogP contribution is -2.28. The second-order valence-electron chi connectivity index (χ2n) is 6.42. The van der Waals surface area contributed by atoms with Gasteiger partial charge in [-0.15, -0.1) is 0 Å². The fourth-order valence-electron chi connectivity index (χ4n) is 3.06. The van der Waals surface area contributed by atoms with Gasteiger partial charge in [-0.2, -0.15) is 0 Å². The molecule has 4 rings (SSSR count). The Morgan fingerprint density at radius 3 is 2.27 bits per heavy atom. The van der Waals surface area contributed by atoms with Crippen LogP contribution in [0.4, 0.5) is 11.4 Å². The largest absolute Gasteiger partial charge is 0.497 e. The summed E-state index contributed by atoms with van der Waals surface area (Å²) in [6.45, 7) is 0. The Morgan fingerprint density at radius 2 is 1.60 bits per heavy atom. The zero-order chi connectivity index (χ0) is 20.9. The number of hydrogen-bond acceptors (Lipinski definition) is 5. The lowest BCUT2D eigenvalue weighted by Gasteiger charge is -2.15. The van der Waals surface area contributed by atoms with Crippen molar-refractivity contribution in [2.45, 2.75) is 0 Å². The van der Waals surface area contributed by atoms with Gasteiger partial charge in [-0.25, -0.2) is 4.99 Å². The Kier molecular flexibility index (Phi) is 5.86. The number of hydrogen-bond donors (Lipinski definition) is 0. The minimum absolute atomic E-state index is 0.134. The standard InChI is InChI=1S/C24H20N2O3S/c1-28-20-13-14-21(29-2)17(15-20)16-22-23(27)26(19-11-7-4-8-12-19)24(30-22)25-18-9-5-3-6-10-18/h3-16H,1-2H3/b22-16+,25-24?. The number of thioether (sulfide) groups is 1. The van der Waals surface area contributed by atoms with Crippen LogP contribution in [0.15, 0.2) is 88.8 Å². The molecule has 1 heterocycles. The Morgan fingerprint density at radius 1 is 0.900 bits per heavy atom. The minimum Gasteiger partial charge on any atom is -0.497 e. The first kappa shape index (κ1) is 19.8. The van der Waals surface area contributed by atoms with Gasteiger partial charge in [0.15, 0.2) is 5.17 Å². The van der Waals surface area contributed by atoms with Crippen LogP contribution in [-0.4, -0.2) is 25.3 Å². The molecule has 0 radical (unpaired) electrons. The predicted molar refractivity (Wildman–Crippen MR) is 123 cm³/mol. The van der Waals surface area contributed by atoms with Gasteiger partial charge in [0.25, 0.3) is 5.91 Å². The maximum atomic E-state index is 13.3. The van der Waals surface area contributed by atoms with Crippen molar-refractivity contribution in [3.05, 3.63) is 89.3 Å². The van der Waals surface area contributed by atoms with Gasteiger partial charge in [0.05, 0.1) is 30.5 Å². The second-order valence-corrected chi connectivity index (χ2v) is 7.43. The number of para-hydroxylation sites is 2. The molecular weight excluding hydrogens is 396 g/mol. The number of aliphatic imine (C=N–C) groups is 1. The highest BCUT2D eigenvalue weighted by Crippen LogP contribution is 2.38. The molecule has 0 atom stereocenters. The minimum atomic E-state index is -0.134. The summed E-state index contributed by atoms with van der Waals surface area (Å²) in [5, 5.41) is 0.602. The molecule has 0 aliphatic carbocycles. The Bertz CT molecular complexity index is 1110. The van der Waals surface area contributed by atoms with E-state index in [1.807, 2.05) is 84.9 Å². The molecule has 0 saturated carbocycles. The third kappa shape index (κ3) is 4.09. The highest BCUT2D eigenvalue weighted by atomic mass is 32.2. The van der Waals surface area contributed by atoms with Gasteiger partial charge in [-0.05, 0) is 60.3 Å². The van der Waals surface area contributed by atoms with Crippen molar-refractivity contribution in [2.24, 2.45) is 4.99 Å². The summed E-state index contributed by atoms with van der Waals surface area (Å²) in [5.41, 5.74) is 2.32. The topological polar surface area (TPSA) is 51.1 Å².